The first-order valence-corrected chi connectivity index (χ1v) is 5.86. The number of hydrogen-bond donors (Lipinski definition) is 2. The average Bonchev–Trinajstić information content (AvgIpc) is 2.88. The highest BCUT2D eigenvalue weighted by Gasteiger charge is 2.16. The highest BCUT2D eigenvalue weighted by Crippen LogP contribution is 2.14. The molecule has 1 heterocycles. The molecule has 19 heavy (non-hydrogen) atoms. The van der Waals surface area contributed by atoms with Crippen LogP contribution in [0.1, 0.15) is 35.6 Å². The first kappa shape index (κ1) is 13.2. The molecule has 1 unspecified atom stereocenters. The lowest BCUT2D eigenvalue weighted by molar-refractivity contribution is 0.0933. The van der Waals surface area contributed by atoms with Crippen LogP contribution in [0.15, 0.2) is 30.6 Å². The SMILES string of the molecule is CCC(NC(=O)c1cc(F)cc(F)c1)c1ncc[nH]1. The van der Waals surface area contributed by atoms with Gasteiger partial charge in [-0.05, 0) is 18.6 Å². The topological polar surface area (TPSA) is 57.8 Å². The summed E-state index contributed by atoms with van der Waals surface area (Å²) >= 11 is 0. The summed E-state index contributed by atoms with van der Waals surface area (Å²) in [6.45, 7) is 1.87. The van der Waals surface area contributed by atoms with E-state index >= 15 is 0 Å². The maximum absolute atomic E-state index is 13.0. The van der Waals surface area contributed by atoms with Crippen LogP contribution in [-0.4, -0.2) is 15.9 Å². The molecule has 4 nitrogen and oxygen atoms in total. The molecule has 6 heteroatoms. The van der Waals surface area contributed by atoms with Crippen LogP contribution < -0.4 is 5.32 Å². The van der Waals surface area contributed by atoms with E-state index in [1.807, 2.05) is 6.92 Å². The molecule has 0 aliphatic heterocycles. The molecule has 1 aromatic carbocycles. The predicted octanol–water partition coefficient (Wildman–Crippen LogP) is 2.57. The number of carbonyl (C=O) groups excluding carboxylic acids is 1. The summed E-state index contributed by atoms with van der Waals surface area (Å²) in [6, 6.07) is 2.38. The van der Waals surface area contributed by atoms with Gasteiger partial charge in [0, 0.05) is 24.0 Å². The summed E-state index contributed by atoms with van der Waals surface area (Å²) in [5, 5.41) is 2.67. The van der Waals surface area contributed by atoms with Crippen molar-refractivity contribution in [3.8, 4) is 0 Å². The Kier molecular flexibility index (Phi) is 3.89. The van der Waals surface area contributed by atoms with E-state index in [1.165, 1.54) is 0 Å². The molecular weight excluding hydrogens is 252 g/mol. The van der Waals surface area contributed by atoms with Gasteiger partial charge in [0.2, 0.25) is 0 Å². The third-order valence-electron chi connectivity index (χ3n) is 2.69. The van der Waals surface area contributed by atoms with E-state index in [-0.39, 0.29) is 11.6 Å². The Bertz CT molecular complexity index is 549. The maximum Gasteiger partial charge on any atom is 0.252 e. The van der Waals surface area contributed by atoms with E-state index in [4.69, 9.17) is 0 Å². The number of rotatable bonds is 4. The van der Waals surface area contributed by atoms with Gasteiger partial charge >= 0.3 is 0 Å². The minimum Gasteiger partial charge on any atom is -0.347 e. The number of hydrogen-bond acceptors (Lipinski definition) is 2. The van der Waals surface area contributed by atoms with Gasteiger partial charge in [0.05, 0.1) is 6.04 Å². The highest BCUT2D eigenvalue weighted by molar-refractivity contribution is 5.94. The standard InChI is InChI=1S/C13H13F2N3O/c1-2-11(12-16-3-4-17-12)18-13(19)8-5-9(14)7-10(15)6-8/h3-7,11H,2H2,1H3,(H,16,17)(H,18,19). The summed E-state index contributed by atoms with van der Waals surface area (Å²) < 4.78 is 26.1. The van der Waals surface area contributed by atoms with Gasteiger partial charge in [0.25, 0.3) is 5.91 Å². The third-order valence-corrected chi connectivity index (χ3v) is 2.69. The summed E-state index contributed by atoms with van der Waals surface area (Å²) in [6.07, 6.45) is 3.83. The molecule has 2 aromatic rings. The van der Waals surface area contributed by atoms with Crippen molar-refractivity contribution in [2.75, 3.05) is 0 Å². The van der Waals surface area contributed by atoms with Crippen LogP contribution in [0.5, 0.6) is 0 Å². The van der Waals surface area contributed by atoms with Crippen LogP contribution in [0, 0.1) is 11.6 Å². The summed E-state index contributed by atoms with van der Waals surface area (Å²) in [5.74, 6) is -1.50. The molecule has 2 N–H and O–H groups in total. The van der Waals surface area contributed by atoms with Crippen molar-refractivity contribution in [3.63, 3.8) is 0 Å². The molecule has 0 saturated carbocycles. The number of aromatic nitrogens is 2. The predicted molar refractivity (Wildman–Crippen MR) is 65.4 cm³/mol. The van der Waals surface area contributed by atoms with Gasteiger partial charge in [0.15, 0.2) is 0 Å². The molecule has 1 amide bonds. The molecule has 0 bridgehead atoms. The number of imidazole rings is 1. The molecule has 0 aliphatic rings. The summed E-state index contributed by atoms with van der Waals surface area (Å²) in [4.78, 5) is 18.9. The van der Waals surface area contributed by atoms with Crippen molar-refractivity contribution >= 4 is 5.91 Å². The van der Waals surface area contributed by atoms with Crippen LogP contribution in [-0.2, 0) is 0 Å². The fourth-order valence-corrected chi connectivity index (χ4v) is 1.76. The van der Waals surface area contributed by atoms with Crippen LogP contribution in [0.3, 0.4) is 0 Å². The minimum atomic E-state index is -0.781. The number of H-pyrrole nitrogens is 1. The maximum atomic E-state index is 13.0. The summed E-state index contributed by atoms with van der Waals surface area (Å²) in [7, 11) is 0. The molecule has 0 fully saturated rings. The van der Waals surface area contributed by atoms with Gasteiger partial charge in [0.1, 0.15) is 17.5 Å². The highest BCUT2D eigenvalue weighted by atomic mass is 19.1. The monoisotopic (exact) mass is 265 g/mol. The van der Waals surface area contributed by atoms with Crippen molar-refractivity contribution in [3.05, 3.63) is 53.6 Å². The van der Waals surface area contributed by atoms with Crippen molar-refractivity contribution in [1.82, 2.24) is 15.3 Å². The van der Waals surface area contributed by atoms with Crippen LogP contribution in [0.4, 0.5) is 8.78 Å². The zero-order valence-corrected chi connectivity index (χ0v) is 10.3. The zero-order chi connectivity index (χ0) is 13.8. The Morgan fingerprint density at radius 3 is 2.58 bits per heavy atom. The summed E-state index contributed by atoms with van der Waals surface area (Å²) in [5.41, 5.74) is -0.0532. The van der Waals surface area contributed by atoms with Crippen LogP contribution in [0.25, 0.3) is 0 Å². The lowest BCUT2D eigenvalue weighted by Gasteiger charge is -2.14. The normalized spacial score (nSPS) is 12.2. The number of amides is 1. The number of halogens is 2. The van der Waals surface area contributed by atoms with E-state index in [9.17, 15) is 13.6 Å². The van der Waals surface area contributed by atoms with Crippen molar-refractivity contribution in [2.45, 2.75) is 19.4 Å². The van der Waals surface area contributed by atoms with Crippen molar-refractivity contribution in [1.29, 1.82) is 0 Å². The number of nitrogens with one attached hydrogen (secondary N) is 2. The van der Waals surface area contributed by atoms with Gasteiger partial charge in [-0.2, -0.15) is 0 Å². The molecule has 100 valence electrons. The number of carbonyl (C=O) groups is 1. The lowest BCUT2D eigenvalue weighted by Crippen LogP contribution is -2.29. The fraction of sp³-hybridized carbons (Fsp3) is 0.231. The quantitative estimate of drug-likeness (QED) is 0.892. The Hall–Kier alpha value is -2.24. The molecule has 0 aliphatic carbocycles. The second-order valence-corrected chi connectivity index (χ2v) is 4.07. The first-order chi connectivity index (χ1) is 9.10. The van der Waals surface area contributed by atoms with E-state index in [1.54, 1.807) is 12.4 Å². The Morgan fingerprint density at radius 2 is 2.05 bits per heavy atom. The second-order valence-electron chi connectivity index (χ2n) is 4.07. The first-order valence-electron chi connectivity index (χ1n) is 5.86. The van der Waals surface area contributed by atoms with E-state index < -0.39 is 17.5 Å². The van der Waals surface area contributed by atoms with Gasteiger partial charge in [-0.25, -0.2) is 13.8 Å². The van der Waals surface area contributed by atoms with Crippen LogP contribution >= 0.6 is 0 Å². The van der Waals surface area contributed by atoms with Crippen LogP contribution in [0.2, 0.25) is 0 Å². The number of nitrogens with zero attached hydrogens (tertiary/aromatic N) is 1. The molecule has 0 radical (unpaired) electrons. The molecule has 1 aromatic heterocycles. The second kappa shape index (κ2) is 5.60. The van der Waals surface area contributed by atoms with E-state index in [2.05, 4.69) is 15.3 Å². The molecule has 1 atom stereocenters. The Labute approximate surface area is 108 Å². The molecule has 0 spiro atoms. The third kappa shape index (κ3) is 3.15. The van der Waals surface area contributed by atoms with E-state index in [0.717, 1.165) is 18.2 Å². The van der Waals surface area contributed by atoms with Gasteiger partial charge in [-0.1, -0.05) is 6.92 Å². The Balaban J connectivity index is 2.15. The number of aromatic amines is 1. The minimum absolute atomic E-state index is 0.0532. The smallest absolute Gasteiger partial charge is 0.252 e. The molecule has 2 rings (SSSR count). The van der Waals surface area contributed by atoms with Crippen molar-refractivity contribution in [2.24, 2.45) is 0 Å². The average molecular weight is 265 g/mol. The van der Waals surface area contributed by atoms with Crippen molar-refractivity contribution < 1.29 is 13.6 Å². The van der Waals surface area contributed by atoms with Gasteiger partial charge in [-0.15, -0.1) is 0 Å². The lowest BCUT2D eigenvalue weighted by atomic mass is 10.1. The molecule has 0 saturated heterocycles. The fourth-order valence-electron chi connectivity index (χ4n) is 1.76. The Morgan fingerprint density at radius 1 is 1.37 bits per heavy atom. The van der Waals surface area contributed by atoms with Gasteiger partial charge in [-0.3, -0.25) is 4.79 Å². The molecular formula is C13H13F2N3O. The largest absolute Gasteiger partial charge is 0.347 e. The van der Waals surface area contributed by atoms with E-state index in [0.29, 0.717) is 12.2 Å². The van der Waals surface area contributed by atoms with Gasteiger partial charge < -0.3 is 10.3 Å². The zero-order valence-electron chi connectivity index (χ0n) is 10.3. The number of benzene rings is 1.